The number of unbranched alkanes of at least 4 members (excludes halogenated alkanes) is 2. The van der Waals surface area contributed by atoms with Crippen molar-refractivity contribution in [3.63, 3.8) is 0 Å². The monoisotopic (exact) mass is 522 g/mol. The lowest BCUT2D eigenvalue weighted by molar-refractivity contribution is 0.102. The number of hydrogen-bond acceptors (Lipinski definition) is 2. The van der Waals surface area contributed by atoms with Gasteiger partial charge in [0.25, 0.3) is 5.91 Å². The van der Waals surface area contributed by atoms with Crippen molar-refractivity contribution in [2.24, 2.45) is 0 Å². The van der Waals surface area contributed by atoms with E-state index in [0.29, 0.717) is 11.3 Å². The highest BCUT2D eigenvalue weighted by Gasteiger charge is 2.25. The Morgan fingerprint density at radius 1 is 0.923 bits per heavy atom. The number of aromatic nitrogens is 3. The van der Waals surface area contributed by atoms with Gasteiger partial charge < -0.3 is 9.88 Å². The third-order valence-corrected chi connectivity index (χ3v) is 7.01. The molecule has 0 aliphatic heterocycles. The lowest BCUT2D eigenvalue weighted by atomic mass is 10.0. The van der Waals surface area contributed by atoms with Crippen molar-refractivity contribution in [1.29, 1.82) is 0 Å². The molecule has 0 unspecified atom stereocenters. The van der Waals surface area contributed by atoms with Gasteiger partial charge in [-0.15, -0.1) is 0 Å². The molecule has 0 bridgehead atoms. The molecule has 5 rings (SSSR count). The molecule has 3 aromatic carbocycles. The number of carbonyl (C=O) groups excluding carboxylic acids is 1. The summed E-state index contributed by atoms with van der Waals surface area (Å²) in [6.07, 6.45) is 8.25. The zero-order chi connectivity index (χ0) is 27.4. The Labute approximate surface area is 229 Å². The molecule has 2 aromatic heterocycles. The average Bonchev–Trinajstić information content (AvgIpc) is 3.54. The summed E-state index contributed by atoms with van der Waals surface area (Å²) in [4.78, 5) is 13.5. The summed E-state index contributed by atoms with van der Waals surface area (Å²) in [6, 6.07) is 24.9. The van der Waals surface area contributed by atoms with Gasteiger partial charge in [-0.05, 0) is 93.4 Å². The van der Waals surface area contributed by atoms with Crippen LogP contribution >= 0.6 is 0 Å². The predicted molar refractivity (Wildman–Crippen MR) is 157 cm³/mol. The molecule has 0 atom stereocenters. The lowest BCUT2D eigenvalue weighted by Gasteiger charge is -2.23. The van der Waals surface area contributed by atoms with Crippen molar-refractivity contribution in [3.05, 3.63) is 108 Å². The minimum absolute atomic E-state index is 0.247. The van der Waals surface area contributed by atoms with Crippen LogP contribution in [0.15, 0.2) is 91.3 Å². The van der Waals surface area contributed by atoms with Gasteiger partial charge in [0.1, 0.15) is 5.82 Å². The highest BCUT2D eigenvalue weighted by atomic mass is 19.1. The van der Waals surface area contributed by atoms with Crippen LogP contribution in [0.2, 0.25) is 0 Å². The largest absolute Gasteiger partial charge is 0.347 e. The van der Waals surface area contributed by atoms with E-state index in [1.165, 1.54) is 24.1 Å². The van der Waals surface area contributed by atoms with E-state index in [-0.39, 0.29) is 17.3 Å². The Hall–Kier alpha value is -4.19. The molecule has 0 saturated heterocycles. The number of benzene rings is 3. The van der Waals surface area contributed by atoms with Gasteiger partial charge in [0.05, 0.1) is 28.5 Å². The van der Waals surface area contributed by atoms with Gasteiger partial charge in [0.2, 0.25) is 0 Å². The molecule has 0 radical (unpaired) electrons. The third-order valence-electron chi connectivity index (χ3n) is 7.01. The maximum Gasteiger partial charge on any atom is 0.259 e. The van der Waals surface area contributed by atoms with Crippen LogP contribution in [0.5, 0.6) is 0 Å². The standard InChI is InChI=1S/C33H35FN4O/c1-33(2,3)38-31(26-13-16-27(34)17-14-26)29(23-35-38)32(39)36-28-18-15-25-19-21-37(30(25)22-28)20-9-5-8-12-24-10-6-4-7-11-24/h4,6-7,10-11,13-19,21-23H,5,8-9,12,20H2,1-3H3,(H,36,39). The lowest BCUT2D eigenvalue weighted by Crippen LogP contribution is -2.24. The molecule has 0 fully saturated rings. The Bertz CT molecular complexity index is 1560. The molecule has 200 valence electrons. The minimum Gasteiger partial charge on any atom is -0.347 e. The van der Waals surface area contributed by atoms with Gasteiger partial charge in [-0.25, -0.2) is 4.39 Å². The number of nitrogens with one attached hydrogen (secondary N) is 1. The Morgan fingerprint density at radius 2 is 1.69 bits per heavy atom. The smallest absolute Gasteiger partial charge is 0.259 e. The second-order valence-electron chi connectivity index (χ2n) is 11.0. The molecule has 0 saturated carbocycles. The second kappa shape index (κ2) is 11.3. The first kappa shape index (κ1) is 26.4. The predicted octanol–water partition coefficient (Wildman–Crippen LogP) is 8.06. The summed E-state index contributed by atoms with van der Waals surface area (Å²) in [5.74, 6) is -0.567. The number of fused-ring (bicyclic) bond motifs is 1. The molecule has 0 aliphatic rings. The first-order valence-electron chi connectivity index (χ1n) is 13.6. The average molecular weight is 523 g/mol. The number of aryl methyl sites for hydroxylation is 2. The quantitative estimate of drug-likeness (QED) is 0.199. The van der Waals surface area contributed by atoms with Crippen molar-refractivity contribution < 1.29 is 9.18 Å². The van der Waals surface area contributed by atoms with Crippen molar-refractivity contribution in [2.75, 3.05) is 5.32 Å². The van der Waals surface area contributed by atoms with E-state index < -0.39 is 0 Å². The van der Waals surface area contributed by atoms with E-state index in [0.717, 1.165) is 48.0 Å². The number of nitrogens with zero attached hydrogens (tertiary/aromatic N) is 3. The van der Waals surface area contributed by atoms with Gasteiger partial charge in [0.15, 0.2) is 0 Å². The van der Waals surface area contributed by atoms with Crippen molar-refractivity contribution in [3.8, 4) is 11.3 Å². The SMILES string of the molecule is CC(C)(C)n1ncc(C(=O)Nc2ccc3ccn(CCCCCc4ccccc4)c3c2)c1-c1ccc(F)cc1. The van der Waals surface area contributed by atoms with Crippen LogP contribution in [-0.2, 0) is 18.5 Å². The minimum atomic E-state index is -0.358. The van der Waals surface area contributed by atoms with Gasteiger partial charge >= 0.3 is 0 Å². The van der Waals surface area contributed by atoms with Crippen LogP contribution < -0.4 is 5.32 Å². The molecule has 0 spiro atoms. The number of halogens is 1. The zero-order valence-electron chi connectivity index (χ0n) is 22.8. The van der Waals surface area contributed by atoms with Crippen molar-refractivity contribution >= 4 is 22.5 Å². The first-order valence-corrected chi connectivity index (χ1v) is 13.6. The Morgan fingerprint density at radius 3 is 2.44 bits per heavy atom. The molecule has 5 aromatic rings. The van der Waals surface area contributed by atoms with E-state index in [4.69, 9.17) is 0 Å². The Kier molecular flexibility index (Phi) is 7.64. The molecule has 6 heteroatoms. The fourth-order valence-electron chi connectivity index (χ4n) is 5.00. The van der Waals surface area contributed by atoms with E-state index in [1.807, 2.05) is 43.7 Å². The maximum absolute atomic E-state index is 13.6. The van der Waals surface area contributed by atoms with Crippen LogP contribution in [0.4, 0.5) is 10.1 Å². The number of hydrogen-bond donors (Lipinski definition) is 1. The molecule has 1 N–H and O–H groups in total. The van der Waals surface area contributed by atoms with E-state index in [2.05, 4.69) is 57.6 Å². The van der Waals surface area contributed by atoms with Gasteiger partial charge in [-0.3, -0.25) is 9.48 Å². The zero-order valence-corrected chi connectivity index (χ0v) is 22.8. The first-order chi connectivity index (χ1) is 18.8. The molecular formula is C33H35FN4O. The molecule has 1 amide bonds. The van der Waals surface area contributed by atoms with Crippen LogP contribution in [-0.4, -0.2) is 20.3 Å². The summed E-state index contributed by atoms with van der Waals surface area (Å²) in [7, 11) is 0. The third kappa shape index (κ3) is 6.11. The number of anilines is 1. The molecule has 5 nitrogen and oxygen atoms in total. The highest BCUT2D eigenvalue weighted by Crippen LogP contribution is 2.30. The summed E-state index contributed by atoms with van der Waals surface area (Å²) in [6.45, 7) is 7.01. The van der Waals surface area contributed by atoms with Crippen LogP contribution in [0.3, 0.4) is 0 Å². The highest BCUT2D eigenvalue weighted by molar-refractivity contribution is 6.08. The number of rotatable bonds is 9. The Balaban J connectivity index is 1.30. The maximum atomic E-state index is 13.6. The van der Waals surface area contributed by atoms with Crippen molar-refractivity contribution in [2.45, 2.75) is 58.5 Å². The number of amides is 1. The fourth-order valence-corrected chi connectivity index (χ4v) is 5.00. The molecule has 2 heterocycles. The normalized spacial score (nSPS) is 11.7. The van der Waals surface area contributed by atoms with E-state index in [1.54, 1.807) is 18.3 Å². The number of carbonyl (C=O) groups is 1. The fraction of sp³-hybridized carbons (Fsp3) is 0.273. The van der Waals surface area contributed by atoms with Crippen LogP contribution in [0.1, 0.15) is 56.0 Å². The second-order valence-corrected chi connectivity index (χ2v) is 11.0. The topological polar surface area (TPSA) is 51.9 Å². The van der Waals surface area contributed by atoms with E-state index >= 15 is 0 Å². The summed E-state index contributed by atoms with van der Waals surface area (Å²) >= 11 is 0. The van der Waals surface area contributed by atoms with Gasteiger partial charge in [0, 0.05) is 24.0 Å². The summed E-state index contributed by atoms with van der Waals surface area (Å²) in [5, 5.41) is 8.74. The molecule has 39 heavy (non-hydrogen) atoms. The van der Waals surface area contributed by atoms with Crippen LogP contribution in [0.25, 0.3) is 22.2 Å². The molecule has 0 aliphatic carbocycles. The summed E-state index contributed by atoms with van der Waals surface area (Å²) < 4.78 is 17.7. The van der Waals surface area contributed by atoms with Gasteiger partial charge in [-0.2, -0.15) is 5.10 Å². The van der Waals surface area contributed by atoms with Gasteiger partial charge in [-0.1, -0.05) is 42.8 Å². The molecular weight excluding hydrogens is 487 g/mol. The van der Waals surface area contributed by atoms with E-state index in [9.17, 15) is 9.18 Å². The van der Waals surface area contributed by atoms with Crippen LogP contribution in [0, 0.1) is 5.82 Å². The summed E-state index contributed by atoms with van der Waals surface area (Å²) in [5.41, 5.74) is 4.71. The van der Waals surface area contributed by atoms with Crippen molar-refractivity contribution in [1.82, 2.24) is 14.3 Å².